The minimum atomic E-state index is -0.892. The molecule has 1 aromatic rings. The third-order valence-corrected chi connectivity index (χ3v) is 1.81. The minimum absolute atomic E-state index is 0.444. The van der Waals surface area contributed by atoms with Crippen LogP contribution in [0.3, 0.4) is 0 Å². The average Bonchev–Trinajstić information content (AvgIpc) is 2.31. The third-order valence-electron chi connectivity index (χ3n) is 1.81. The van der Waals surface area contributed by atoms with Crippen LogP contribution in [0.5, 0.6) is 0 Å². The van der Waals surface area contributed by atoms with E-state index in [0.717, 1.165) is 19.2 Å². The summed E-state index contributed by atoms with van der Waals surface area (Å²) in [6, 6.07) is 3.19. The van der Waals surface area contributed by atoms with E-state index in [1.165, 1.54) is 6.07 Å². The standard InChI is InChI=1S/C10H10F2N2O3/c1-17-10(16)13-5-8(15)14-9-6(11)3-2-4-7(9)12/h2-4H,5H2,1H3,(H,13,16)(H,14,15). The first-order valence-electron chi connectivity index (χ1n) is 4.60. The minimum Gasteiger partial charge on any atom is -0.453 e. The van der Waals surface area contributed by atoms with Gasteiger partial charge in [-0.1, -0.05) is 6.07 Å². The lowest BCUT2D eigenvalue weighted by atomic mass is 10.3. The maximum Gasteiger partial charge on any atom is 0.407 e. The van der Waals surface area contributed by atoms with Gasteiger partial charge in [-0.15, -0.1) is 0 Å². The monoisotopic (exact) mass is 244 g/mol. The van der Waals surface area contributed by atoms with Gasteiger partial charge in [-0.2, -0.15) is 0 Å². The molecule has 0 fully saturated rings. The Hall–Kier alpha value is -2.18. The van der Waals surface area contributed by atoms with E-state index < -0.39 is 35.9 Å². The summed E-state index contributed by atoms with van der Waals surface area (Å²) < 4.78 is 30.4. The van der Waals surface area contributed by atoms with E-state index in [9.17, 15) is 18.4 Å². The molecule has 0 aromatic heterocycles. The molecule has 0 aliphatic carbocycles. The van der Waals surface area contributed by atoms with Gasteiger partial charge >= 0.3 is 6.09 Å². The molecule has 17 heavy (non-hydrogen) atoms. The van der Waals surface area contributed by atoms with Crippen molar-refractivity contribution >= 4 is 17.7 Å². The van der Waals surface area contributed by atoms with E-state index in [1.807, 2.05) is 5.32 Å². The van der Waals surface area contributed by atoms with Crippen LogP contribution in [0.2, 0.25) is 0 Å². The van der Waals surface area contributed by atoms with Crippen LogP contribution in [0.25, 0.3) is 0 Å². The van der Waals surface area contributed by atoms with E-state index in [0.29, 0.717) is 0 Å². The fourth-order valence-electron chi connectivity index (χ4n) is 1.03. The highest BCUT2D eigenvalue weighted by Crippen LogP contribution is 2.17. The fraction of sp³-hybridized carbons (Fsp3) is 0.200. The summed E-state index contributed by atoms with van der Waals surface area (Å²) in [5.74, 6) is -2.55. The second-order valence-corrected chi connectivity index (χ2v) is 2.99. The predicted octanol–water partition coefficient (Wildman–Crippen LogP) is 1.26. The number of carbonyl (C=O) groups excluding carboxylic acids is 2. The first kappa shape index (κ1) is 12.9. The Morgan fingerprint density at radius 2 is 1.88 bits per heavy atom. The average molecular weight is 244 g/mol. The largest absolute Gasteiger partial charge is 0.453 e. The molecule has 92 valence electrons. The van der Waals surface area contributed by atoms with E-state index in [-0.39, 0.29) is 0 Å². The van der Waals surface area contributed by atoms with Gasteiger partial charge in [-0.25, -0.2) is 13.6 Å². The maximum atomic E-state index is 13.1. The molecule has 1 rings (SSSR count). The summed E-state index contributed by atoms with van der Waals surface area (Å²) in [7, 11) is 1.13. The second-order valence-electron chi connectivity index (χ2n) is 2.99. The summed E-state index contributed by atoms with van der Waals surface area (Å²) in [4.78, 5) is 21.9. The normalized spacial score (nSPS) is 9.59. The van der Waals surface area contributed by atoms with Crippen LogP contribution < -0.4 is 10.6 Å². The number of hydrogen-bond acceptors (Lipinski definition) is 3. The topological polar surface area (TPSA) is 67.4 Å². The Labute approximate surface area is 95.8 Å². The van der Waals surface area contributed by atoms with Gasteiger partial charge in [0.05, 0.1) is 7.11 Å². The molecule has 0 aliphatic rings. The fourth-order valence-corrected chi connectivity index (χ4v) is 1.03. The first-order valence-corrected chi connectivity index (χ1v) is 4.60. The zero-order chi connectivity index (χ0) is 12.8. The molecule has 5 nitrogen and oxygen atoms in total. The second kappa shape index (κ2) is 5.78. The van der Waals surface area contributed by atoms with E-state index in [1.54, 1.807) is 0 Å². The van der Waals surface area contributed by atoms with E-state index in [2.05, 4.69) is 10.1 Å². The molecule has 7 heteroatoms. The number of halogens is 2. The first-order chi connectivity index (χ1) is 8.04. The van der Waals surface area contributed by atoms with Crippen molar-refractivity contribution in [2.75, 3.05) is 19.0 Å². The Kier molecular flexibility index (Phi) is 4.38. The summed E-state index contributed by atoms with van der Waals surface area (Å²) in [6.07, 6.45) is -0.811. The Bertz CT molecular complexity index is 417. The molecule has 2 N–H and O–H groups in total. The number of carbonyl (C=O) groups is 2. The number of rotatable bonds is 3. The van der Waals surface area contributed by atoms with Crippen LogP contribution in [-0.4, -0.2) is 25.7 Å². The van der Waals surface area contributed by atoms with Crippen LogP contribution in [0, 0.1) is 11.6 Å². The van der Waals surface area contributed by atoms with Gasteiger partial charge < -0.3 is 15.4 Å². The summed E-state index contributed by atoms with van der Waals surface area (Å²) >= 11 is 0. The number of nitrogens with one attached hydrogen (secondary N) is 2. The lowest BCUT2D eigenvalue weighted by Crippen LogP contribution is -2.33. The van der Waals surface area contributed by atoms with Crippen molar-refractivity contribution < 1.29 is 23.1 Å². The van der Waals surface area contributed by atoms with Crippen molar-refractivity contribution in [2.24, 2.45) is 0 Å². The Morgan fingerprint density at radius 1 is 1.29 bits per heavy atom. The predicted molar refractivity (Wildman–Crippen MR) is 55.4 cm³/mol. The Balaban J connectivity index is 2.59. The van der Waals surface area contributed by atoms with Gasteiger partial charge in [0, 0.05) is 0 Å². The molecule has 0 unspecified atom stereocenters. The van der Waals surface area contributed by atoms with Crippen LogP contribution in [-0.2, 0) is 9.53 Å². The SMILES string of the molecule is COC(=O)NCC(=O)Nc1c(F)cccc1F. The highest BCUT2D eigenvalue weighted by atomic mass is 19.1. The lowest BCUT2D eigenvalue weighted by Gasteiger charge is -2.07. The van der Waals surface area contributed by atoms with Crippen LogP contribution >= 0.6 is 0 Å². The van der Waals surface area contributed by atoms with Gasteiger partial charge in [0.25, 0.3) is 0 Å². The number of ether oxygens (including phenoxy) is 1. The van der Waals surface area contributed by atoms with Crippen LogP contribution in [0.4, 0.5) is 19.3 Å². The van der Waals surface area contributed by atoms with Gasteiger partial charge in [-0.3, -0.25) is 4.79 Å². The molecule has 0 radical (unpaired) electrons. The lowest BCUT2D eigenvalue weighted by molar-refractivity contribution is -0.115. The molecular weight excluding hydrogens is 234 g/mol. The summed E-state index contributed by atoms with van der Waals surface area (Å²) in [5.41, 5.74) is -0.552. The van der Waals surface area contributed by atoms with Gasteiger partial charge in [-0.05, 0) is 12.1 Å². The summed E-state index contributed by atoms with van der Waals surface area (Å²) in [5, 5.41) is 4.07. The smallest absolute Gasteiger partial charge is 0.407 e. The highest BCUT2D eigenvalue weighted by molar-refractivity contribution is 5.94. The quantitative estimate of drug-likeness (QED) is 0.841. The number of anilines is 1. The van der Waals surface area contributed by atoms with Crippen molar-refractivity contribution in [1.82, 2.24) is 5.32 Å². The molecule has 0 saturated heterocycles. The number of para-hydroxylation sites is 1. The van der Waals surface area contributed by atoms with E-state index >= 15 is 0 Å². The van der Waals surface area contributed by atoms with Crippen LogP contribution in [0.1, 0.15) is 0 Å². The summed E-state index contributed by atoms with van der Waals surface area (Å²) in [6.45, 7) is -0.444. The molecule has 0 aliphatic heterocycles. The number of alkyl carbamates (subject to hydrolysis) is 1. The number of benzene rings is 1. The van der Waals surface area contributed by atoms with Crippen molar-refractivity contribution in [1.29, 1.82) is 0 Å². The van der Waals surface area contributed by atoms with Crippen molar-refractivity contribution in [3.05, 3.63) is 29.8 Å². The number of hydrogen-bond donors (Lipinski definition) is 2. The number of amides is 2. The highest BCUT2D eigenvalue weighted by Gasteiger charge is 2.12. The van der Waals surface area contributed by atoms with Gasteiger partial charge in [0.15, 0.2) is 0 Å². The van der Waals surface area contributed by atoms with Gasteiger partial charge in [0.1, 0.15) is 23.9 Å². The molecule has 0 spiro atoms. The molecular formula is C10H10F2N2O3. The third kappa shape index (κ3) is 3.71. The van der Waals surface area contributed by atoms with Crippen molar-refractivity contribution in [2.45, 2.75) is 0 Å². The zero-order valence-corrected chi connectivity index (χ0v) is 8.92. The van der Waals surface area contributed by atoms with Crippen molar-refractivity contribution in [3.63, 3.8) is 0 Å². The number of methoxy groups -OCH3 is 1. The molecule has 0 heterocycles. The maximum absolute atomic E-state index is 13.1. The van der Waals surface area contributed by atoms with Gasteiger partial charge in [0.2, 0.25) is 5.91 Å². The van der Waals surface area contributed by atoms with Crippen LogP contribution in [0.15, 0.2) is 18.2 Å². The Morgan fingerprint density at radius 3 is 2.41 bits per heavy atom. The van der Waals surface area contributed by atoms with Crippen molar-refractivity contribution in [3.8, 4) is 0 Å². The molecule has 1 aromatic carbocycles. The zero-order valence-electron chi connectivity index (χ0n) is 8.92. The molecule has 0 bridgehead atoms. The van der Waals surface area contributed by atoms with E-state index in [4.69, 9.17) is 0 Å². The molecule has 0 saturated carbocycles. The molecule has 2 amide bonds. The molecule has 0 atom stereocenters.